The number of fused-ring (bicyclic) bond motifs is 1. The van der Waals surface area contributed by atoms with E-state index in [0.717, 1.165) is 16.5 Å². The van der Waals surface area contributed by atoms with Gasteiger partial charge in [-0.2, -0.15) is 0 Å². The van der Waals surface area contributed by atoms with E-state index in [1.807, 2.05) is 34.7 Å². The highest BCUT2D eigenvalue weighted by Gasteiger charge is 2.16. The lowest BCUT2D eigenvalue weighted by molar-refractivity contribution is 0.296. The summed E-state index contributed by atoms with van der Waals surface area (Å²) >= 11 is 5.42. The number of rotatable bonds is 1. The van der Waals surface area contributed by atoms with E-state index in [1.54, 1.807) is 6.20 Å². The van der Waals surface area contributed by atoms with Crippen LogP contribution in [-0.2, 0) is 0 Å². The first-order valence-electron chi connectivity index (χ1n) is 5.99. The van der Waals surface area contributed by atoms with Gasteiger partial charge in [-0.05, 0) is 50.7 Å². The molecule has 1 aliphatic heterocycles. The fourth-order valence-electron chi connectivity index (χ4n) is 1.89. The maximum atomic E-state index is 11.7. The first kappa shape index (κ1) is 13.9. The van der Waals surface area contributed by atoms with Crippen LogP contribution in [0.15, 0.2) is 27.6 Å². The highest BCUT2D eigenvalue weighted by atomic mass is 127. The maximum absolute atomic E-state index is 11.7. The van der Waals surface area contributed by atoms with Crippen molar-refractivity contribution in [3.05, 3.63) is 36.7 Å². The molecule has 5 nitrogen and oxygen atoms in total. The van der Waals surface area contributed by atoms with Gasteiger partial charge < -0.3 is 14.5 Å². The van der Waals surface area contributed by atoms with Gasteiger partial charge in [0, 0.05) is 18.2 Å². The Labute approximate surface area is 137 Å². The summed E-state index contributed by atoms with van der Waals surface area (Å²) in [4.78, 5) is 18.7. The van der Waals surface area contributed by atoms with Crippen molar-refractivity contribution in [1.82, 2.24) is 9.97 Å². The molecule has 0 amide bonds. The lowest BCUT2D eigenvalue weighted by Gasteiger charge is -2.11. The largest absolute Gasteiger partial charge is 0.489 e. The fraction of sp³-hybridized carbons (Fsp3) is 0.231. The van der Waals surface area contributed by atoms with Crippen molar-refractivity contribution in [2.24, 2.45) is 0 Å². The second kappa shape index (κ2) is 5.72. The van der Waals surface area contributed by atoms with Crippen LogP contribution in [0.4, 0.5) is 0 Å². The standard InChI is InChI=1S/C13H10BrIN2O3/c14-8-4-7(12-16-6-9(15)13(18)17-12)5-10-11(8)20-3-1-2-19-10/h4-6H,1-3H2,(H,16,17,18). The number of ether oxygens (including phenoxy) is 2. The van der Waals surface area contributed by atoms with E-state index in [2.05, 4.69) is 25.9 Å². The summed E-state index contributed by atoms with van der Waals surface area (Å²) in [6.07, 6.45) is 2.39. The molecule has 0 radical (unpaired) electrons. The van der Waals surface area contributed by atoms with Crippen molar-refractivity contribution in [3.63, 3.8) is 0 Å². The number of hydrogen-bond donors (Lipinski definition) is 1. The molecule has 0 saturated carbocycles. The molecule has 1 aromatic carbocycles. The van der Waals surface area contributed by atoms with Crippen LogP contribution in [0.3, 0.4) is 0 Å². The summed E-state index contributed by atoms with van der Waals surface area (Å²) < 4.78 is 12.7. The van der Waals surface area contributed by atoms with Crippen LogP contribution in [0.2, 0.25) is 0 Å². The summed E-state index contributed by atoms with van der Waals surface area (Å²) in [5.74, 6) is 1.86. The maximum Gasteiger partial charge on any atom is 0.264 e. The lowest BCUT2D eigenvalue weighted by atomic mass is 10.2. The molecule has 1 aliphatic rings. The van der Waals surface area contributed by atoms with Gasteiger partial charge in [-0.1, -0.05) is 0 Å². The average Bonchev–Trinajstić information content (AvgIpc) is 2.67. The van der Waals surface area contributed by atoms with Crippen molar-refractivity contribution in [3.8, 4) is 22.9 Å². The highest BCUT2D eigenvalue weighted by Crippen LogP contribution is 2.40. The molecule has 1 N–H and O–H groups in total. The molecule has 2 aromatic rings. The Bertz CT molecular complexity index is 717. The molecule has 0 atom stereocenters. The normalized spacial score (nSPS) is 13.9. The van der Waals surface area contributed by atoms with Gasteiger partial charge in [0.2, 0.25) is 0 Å². The molecule has 3 rings (SSSR count). The zero-order chi connectivity index (χ0) is 14.1. The molecular formula is C13H10BrIN2O3. The van der Waals surface area contributed by atoms with Gasteiger partial charge in [-0.15, -0.1) is 0 Å². The average molecular weight is 449 g/mol. The first-order valence-corrected chi connectivity index (χ1v) is 7.86. The van der Waals surface area contributed by atoms with E-state index in [4.69, 9.17) is 9.47 Å². The molecule has 0 aliphatic carbocycles. The van der Waals surface area contributed by atoms with Gasteiger partial charge in [0.25, 0.3) is 5.56 Å². The number of aromatic amines is 1. The van der Waals surface area contributed by atoms with E-state index in [-0.39, 0.29) is 5.56 Å². The smallest absolute Gasteiger partial charge is 0.264 e. The number of H-pyrrole nitrogens is 1. The molecule has 7 heteroatoms. The molecule has 0 unspecified atom stereocenters. The number of aromatic nitrogens is 2. The molecule has 0 bridgehead atoms. The second-order valence-corrected chi connectivity index (χ2v) is 6.26. The van der Waals surface area contributed by atoms with Crippen molar-refractivity contribution < 1.29 is 9.47 Å². The van der Waals surface area contributed by atoms with Crippen LogP contribution < -0.4 is 15.0 Å². The van der Waals surface area contributed by atoms with E-state index >= 15 is 0 Å². The molecule has 0 spiro atoms. The Hall–Kier alpha value is -1.09. The second-order valence-electron chi connectivity index (χ2n) is 4.24. The molecule has 1 aromatic heterocycles. The van der Waals surface area contributed by atoms with Crippen LogP contribution >= 0.6 is 38.5 Å². The summed E-state index contributed by atoms with van der Waals surface area (Å²) in [6.45, 7) is 1.24. The zero-order valence-electron chi connectivity index (χ0n) is 10.3. The third-order valence-corrected chi connectivity index (χ3v) is 4.19. The Morgan fingerprint density at radius 1 is 1.30 bits per heavy atom. The Balaban J connectivity index is 2.10. The topological polar surface area (TPSA) is 64.2 Å². The summed E-state index contributed by atoms with van der Waals surface area (Å²) in [6, 6.07) is 3.69. The van der Waals surface area contributed by atoms with E-state index in [1.165, 1.54) is 0 Å². The zero-order valence-corrected chi connectivity index (χ0v) is 14.0. The van der Waals surface area contributed by atoms with Gasteiger partial charge >= 0.3 is 0 Å². The molecule has 104 valence electrons. The molecule has 20 heavy (non-hydrogen) atoms. The van der Waals surface area contributed by atoms with Gasteiger partial charge in [-0.3, -0.25) is 4.79 Å². The minimum atomic E-state index is -0.154. The Morgan fingerprint density at radius 3 is 2.90 bits per heavy atom. The number of halogens is 2. The van der Waals surface area contributed by atoms with Gasteiger partial charge in [0.15, 0.2) is 11.5 Å². The monoisotopic (exact) mass is 448 g/mol. The summed E-state index contributed by atoms with van der Waals surface area (Å²) in [5, 5.41) is 0. The predicted octanol–water partition coefficient (Wildman–Crippen LogP) is 2.97. The highest BCUT2D eigenvalue weighted by molar-refractivity contribution is 14.1. The van der Waals surface area contributed by atoms with Crippen LogP contribution in [0.25, 0.3) is 11.4 Å². The third kappa shape index (κ3) is 2.69. The van der Waals surface area contributed by atoms with Crippen molar-refractivity contribution >= 4 is 38.5 Å². The van der Waals surface area contributed by atoms with Crippen LogP contribution in [0, 0.1) is 3.57 Å². The summed E-state index contributed by atoms with van der Waals surface area (Å²) in [7, 11) is 0. The number of nitrogens with one attached hydrogen (secondary N) is 1. The minimum Gasteiger partial charge on any atom is -0.489 e. The van der Waals surface area contributed by atoms with E-state index < -0.39 is 0 Å². The number of benzene rings is 1. The lowest BCUT2D eigenvalue weighted by Crippen LogP contribution is -2.11. The van der Waals surface area contributed by atoms with Crippen LogP contribution in [-0.4, -0.2) is 23.2 Å². The van der Waals surface area contributed by atoms with Crippen LogP contribution in [0.5, 0.6) is 11.5 Å². The first-order chi connectivity index (χ1) is 9.65. The Morgan fingerprint density at radius 2 is 2.10 bits per heavy atom. The fourth-order valence-corrected chi connectivity index (χ4v) is 2.72. The van der Waals surface area contributed by atoms with Crippen molar-refractivity contribution in [1.29, 1.82) is 0 Å². The molecule has 2 heterocycles. The van der Waals surface area contributed by atoms with Gasteiger partial charge in [0.1, 0.15) is 5.82 Å². The number of nitrogens with zero attached hydrogens (tertiary/aromatic N) is 1. The van der Waals surface area contributed by atoms with E-state index in [0.29, 0.717) is 34.1 Å². The number of hydrogen-bond acceptors (Lipinski definition) is 4. The SMILES string of the molecule is O=c1[nH]c(-c2cc(Br)c3c(c2)OCCCO3)ncc1I. The van der Waals surface area contributed by atoms with Crippen molar-refractivity contribution in [2.45, 2.75) is 6.42 Å². The third-order valence-electron chi connectivity index (χ3n) is 2.83. The van der Waals surface area contributed by atoms with Crippen LogP contribution in [0.1, 0.15) is 6.42 Å². The summed E-state index contributed by atoms with van der Waals surface area (Å²) in [5.41, 5.74) is 0.619. The van der Waals surface area contributed by atoms with E-state index in [9.17, 15) is 4.79 Å². The Kier molecular flexibility index (Phi) is 3.97. The van der Waals surface area contributed by atoms with Gasteiger partial charge in [-0.25, -0.2) is 4.98 Å². The van der Waals surface area contributed by atoms with Gasteiger partial charge in [0.05, 0.1) is 21.3 Å². The predicted molar refractivity (Wildman–Crippen MR) is 86.3 cm³/mol. The minimum absolute atomic E-state index is 0.154. The quantitative estimate of drug-likeness (QED) is 0.681. The molecule has 0 fully saturated rings. The molecule has 0 saturated heterocycles. The molecular weight excluding hydrogens is 439 g/mol. The van der Waals surface area contributed by atoms with Crippen molar-refractivity contribution in [2.75, 3.05) is 13.2 Å².